The van der Waals surface area contributed by atoms with Crippen LogP contribution in [0.1, 0.15) is 42.5 Å². The lowest BCUT2D eigenvalue weighted by molar-refractivity contribution is 0.616. The molecule has 0 aromatic carbocycles. The van der Waals surface area contributed by atoms with Gasteiger partial charge in [-0.2, -0.15) is 0 Å². The van der Waals surface area contributed by atoms with Crippen molar-refractivity contribution in [3.63, 3.8) is 0 Å². The number of thiophene rings is 1. The van der Waals surface area contributed by atoms with Gasteiger partial charge in [-0.05, 0) is 55.2 Å². The number of aromatic nitrogens is 1. The van der Waals surface area contributed by atoms with Crippen LogP contribution in [0.15, 0.2) is 11.4 Å². The Morgan fingerprint density at radius 1 is 1.06 bits per heavy atom. The maximum Gasteiger partial charge on any atom is 0.123 e. The highest BCUT2D eigenvalue weighted by molar-refractivity contribution is 7.16. The van der Waals surface area contributed by atoms with Gasteiger partial charge in [0.1, 0.15) is 4.83 Å². The molecule has 0 N–H and O–H groups in total. The Kier molecular flexibility index (Phi) is 2.68. The standard InChI is InChI=1S/C14H17NS/c1-10-11-6-4-2-3-5-7-12(11)13-8-9-16-14(13)15-10/h8-9H,2-7H2,1H3. The van der Waals surface area contributed by atoms with Crippen molar-refractivity contribution < 1.29 is 0 Å². The van der Waals surface area contributed by atoms with E-state index in [0.717, 1.165) is 0 Å². The largest absolute Gasteiger partial charge is 0.242 e. The molecule has 0 bridgehead atoms. The lowest BCUT2D eigenvalue weighted by Gasteiger charge is -2.16. The van der Waals surface area contributed by atoms with E-state index in [1.807, 2.05) is 0 Å². The molecule has 1 aliphatic rings. The average Bonchev–Trinajstić information content (AvgIpc) is 2.65. The van der Waals surface area contributed by atoms with Gasteiger partial charge in [-0.15, -0.1) is 11.3 Å². The van der Waals surface area contributed by atoms with Gasteiger partial charge in [0.25, 0.3) is 0 Å². The van der Waals surface area contributed by atoms with E-state index >= 15 is 0 Å². The molecule has 84 valence electrons. The zero-order valence-corrected chi connectivity index (χ0v) is 10.6. The van der Waals surface area contributed by atoms with E-state index in [4.69, 9.17) is 4.98 Å². The fourth-order valence-corrected chi connectivity index (χ4v) is 3.63. The number of hydrogen-bond acceptors (Lipinski definition) is 2. The van der Waals surface area contributed by atoms with E-state index in [1.165, 1.54) is 54.4 Å². The SMILES string of the molecule is Cc1nc2sccc2c2c1CCCCCC2. The molecule has 0 saturated heterocycles. The van der Waals surface area contributed by atoms with Crippen molar-refractivity contribution in [2.24, 2.45) is 0 Å². The van der Waals surface area contributed by atoms with E-state index in [2.05, 4.69) is 18.4 Å². The van der Waals surface area contributed by atoms with Crippen molar-refractivity contribution in [1.29, 1.82) is 0 Å². The Balaban J connectivity index is 2.23. The van der Waals surface area contributed by atoms with Crippen LogP contribution >= 0.6 is 11.3 Å². The second-order valence-electron chi connectivity index (χ2n) is 4.71. The molecule has 16 heavy (non-hydrogen) atoms. The minimum absolute atomic E-state index is 1.23. The van der Waals surface area contributed by atoms with Gasteiger partial charge < -0.3 is 0 Å². The third-order valence-electron chi connectivity index (χ3n) is 3.64. The molecule has 0 fully saturated rings. The summed E-state index contributed by atoms with van der Waals surface area (Å²) in [5.74, 6) is 0. The predicted molar refractivity (Wildman–Crippen MR) is 70.2 cm³/mol. The number of rotatable bonds is 0. The van der Waals surface area contributed by atoms with Gasteiger partial charge in [0, 0.05) is 11.1 Å². The van der Waals surface area contributed by atoms with Crippen LogP contribution in [0.3, 0.4) is 0 Å². The molecular formula is C14H17NS. The first-order chi connectivity index (χ1) is 7.86. The fraction of sp³-hybridized carbons (Fsp3) is 0.500. The molecule has 0 aliphatic heterocycles. The van der Waals surface area contributed by atoms with Crippen molar-refractivity contribution in [1.82, 2.24) is 4.98 Å². The van der Waals surface area contributed by atoms with Crippen molar-refractivity contribution in [3.8, 4) is 0 Å². The molecule has 0 radical (unpaired) electrons. The van der Waals surface area contributed by atoms with E-state index < -0.39 is 0 Å². The lowest BCUT2D eigenvalue weighted by Crippen LogP contribution is -2.04. The summed E-state index contributed by atoms with van der Waals surface area (Å²) in [6.45, 7) is 2.18. The molecule has 0 spiro atoms. The molecule has 0 amide bonds. The predicted octanol–water partition coefficient (Wildman–Crippen LogP) is 4.26. The summed E-state index contributed by atoms with van der Waals surface area (Å²) < 4.78 is 0. The molecule has 3 rings (SSSR count). The number of hydrogen-bond donors (Lipinski definition) is 0. The minimum atomic E-state index is 1.23. The minimum Gasteiger partial charge on any atom is -0.242 e. The molecule has 0 atom stereocenters. The molecule has 2 heterocycles. The Hall–Kier alpha value is -0.890. The van der Waals surface area contributed by atoms with E-state index in [9.17, 15) is 0 Å². The number of pyridine rings is 1. The van der Waals surface area contributed by atoms with Gasteiger partial charge >= 0.3 is 0 Å². The number of aryl methyl sites for hydroxylation is 2. The van der Waals surface area contributed by atoms with Crippen molar-refractivity contribution in [2.45, 2.75) is 45.4 Å². The number of nitrogens with zero attached hydrogens (tertiary/aromatic N) is 1. The van der Waals surface area contributed by atoms with Crippen LogP contribution in [0, 0.1) is 6.92 Å². The first-order valence-corrected chi connectivity index (χ1v) is 7.10. The van der Waals surface area contributed by atoms with Crippen LogP contribution in [-0.2, 0) is 12.8 Å². The van der Waals surface area contributed by atoms with Gasteiger partial charge in [0.15, 0.2) is 0 Å². The summed E-state index contributed by atoms with van der Waals surface area (Å²) in [6.07, 6.45) is 7.96. The highest BCUT2D eigenvalue weighted by Crippen LogP contribution is 2.31. The molecular weight excluding hydrogens is 214 g/mol. The van der Waals surface area contributed by atoms with E-state index in [0.29, 0.717) is 0 Å². The van der Waals surface area contributed by atoms with Crippen LogP contribution in [0.25, 0.3) is 10.2 Å². The average molecular weight is 231 g/mol. The quantitative estimate of drug-likeness (QED) is 0.660. The van der Waals surface area contributed by atoms with Crippen LogP contribution in [-0.4, -0.2) is 4.98 Å². The number of fused-ring (bicyclic) bond motifs is 3. The Labute approximate surface area is 101 Å². The van der Waals surface area contributed by atoms with Gasteiger partial charge in [-0.25, -0.2) is 4.98 Å². The maximum atomic E-state index is 4.74. The van der Waals surface area contributed by atoms with Crippen molar-refractivity contribution in [3.05, 3.63) is 28.3 Å². The van der Waals surface area contributed by atoms with Crippen molar-refractivity contribution in [2.75, 3.05) is 0 Å². The highest BCUT2D eigenvalue weighted by Gasteiger charge is 2.14. The third kappa shape index (κ3) is 1.65. The zero-order valence-electron chi connectivity index (χ0n) is 9.75. The van der Waals surface area contributed by atoms with E-state index in [-0.39, 0.29) is 0 Å². The zero-order chi connectivity index (χ0) is 11.0. The second-order valence-corrected chi connectivity index (χ2v) is 5.60. The summed E-state index contributed by atoms with van der Waals surface area (Å²) in [5, 5.41) is 3.60. The Morgan fingerprint density at radius 3 is 2.62 bits per heavy atom. The van der Waals surface area contributed by atoms with Gasteiger partial charge in [0.05, 0.1) is 0 Å². The van der Waals surface area contributed by atoms with Crippen LogP contribution in [0.4, 0.5) is 0 Å². The van der Waals surface area contributed by atoms with Crippen LogP contribution < -0.4 is 0 Å². The van der Waals surface area contributed by atoms with E-state index in [1.54, 1.807) is 22.5 Å². The highest BCUT2D eigenvalue weighted by atomic mass is 32.1. The first kappa shape index (κ1) is 10.3. The molecule has 2 heteroatoms. The first-order valence-electron chi connectivity index (χ1n) is 6.22. The lowest BCUT2D eigenvalue weighted by atomic mass is 9.91. The summed E-state index contributed by atoms with van der Waals surface area (Å²) >= 11 is 1.78. The van der Waals surface area contributed by atoms with Gasteiger partial charge in [-0.3, -0.25) is 0 Å². The molecule has 1 nitrogen and oxygen atoms in total. The third-order valence-corrected chi connectivity index (χ3v) is 4.45. The van der Waals surface area contributed by atoms with Crippen LogP contribution in [0.2, 0.25) is 0 Å². The topological polar surface area (TPSA) is 12.9 Å². The maximum absolute atomic E-state index is 4.74. The van der Waals surface area contributed by atoms with Crippen molar-refractivity contribution >= 4 is 21.6 Å². The molecule has 0 saturated carbocycles. The summed E-state index contributed by atoms with van der Waals surface area (Å²) in [6, 6.07) is 2.26. The summed E-state index contributed by atoms with van der Waals surface area (Å²) in [5.41, 5.74) is 4.42. The smallest absolute Gasteiger partial charge is 0.123 e. The molecule has 2 aromatic heterocycles. The monoisotopic (exact) mass is 231 g/mol. The molecule has 2 aromatic rings. The second kappa shape index (κ2) is 4.17. The molecule has 0 unspecified atom stereocenters. The normalized spacial score (nSPS) is 16.8. The van der Waals surface area contributed by atoms with Crippen LogP contribution in [0.5, 0.6) is 0 Å². The summed E-state index contributed by atoms with van der Waals surface area (Å²) in [7, 11) is 0. The van der Waals surface area contributed by atoms with Gasteiger partial charge in [-0.1, -0.05) is 12.8 Å². The van der Waals surface area contributed by atoms with Gasteiger partial charge in [0.2, 0.25) is 0 Å². The summed E-state index contributed by atoms with van der Waals surface area (Å²) in [4.78, 5) is 5.97. The molecule has 1 aliphatic carbocycles. The Bertz CT molecular complexity index is 513. The fourth-order valence-electron chi connectivity index (χ4n) is 2.79. The Morgan fingerprint density at radius 2 is 1.81 bits per heavy atom.